The van der Waals surface area contributed by atoms with Gasteiger partial charge in [0.25, 0.3) is 0 Å². The molecular weight excluding hydrogens is 392 g/mol. The molecule has 0 spiro atoms. The van der Waals surface area contributed by atoms with Crippen LogP contribution in [0, 0.1) is 9.52 Å². The fourth-order valence-electron chi connectivity index (χ4n) is 1.73. The lowest BCUT2D eigenvalue weighted by Crippen LogP contribution is -2.10. The zero-order chi connectivity index (χ0) is 14.9. The van der Waals surface area contributed by atoms with Crippen LogP contribution in [0.5, 0.6) is 0 Å². The minimum atomic E-state index is -0.561. The van der Waals surface area contributed by atoms with Crippen LogP contribution in [-0.2, 0) is 11.5 Å². The van der Waals surface area contributed by atoms with E-state index in [2.05, 4.69) is 46.5 Å². The average molecular weight is 411 g/mol. The van der Waals surface area contributed by atoms with E-state index in [1.807, 2.05) is 0 Å². The van der Waals surface area contributed by atoms with Gasteiger partial charge in [0, 0.05) is 17.2 Å². The van der Waals surface area contributed by atoms with Crippen molar-refractivity contribution < 1.29 is 9.13 Å². The Kier molecular flexibility index (Phi) is 4.80. The normalized spacial score (nSPS) is 13.1. The molecule has 2 N–H and O–H groups in total. The Morgan fingerprint density at radius 3 is 2.75 bits per heavy atom. The Labute approximate surface area is 133 Å². The predicted molar refractivity (Wildman–Crippen MR) is 93.0 cm³/mol. The van der Waals surface area contributed by atoms with Gasteiger partial charge in [-0.3, -0.25) is 0 Å². The summed E-state index contributed by atoms with van der Waals surface area (Å²) >= 11 is 2.12. The molecule has 1 aromatic carbocycles. The first-order valence-electron chi connectivity index (χ1n) is 6.13. The molecule has 0 saturated heterocycles. The average Bonchev–Trinajstić information content (AvgIpc) is 2.62. The number of hydrogen-bond acceptors (Lipinski definition) is 3. The molecule has 0 aliphatic heterocycles. The van der Waals surface area contributed by atoms with E-state index in [0.29, 0.717) is 18.9 Å². The molecule has 0 aliphatic carbocycles. The van der Waals surface area contributed by atoms with E-state index >= 15 is 0 Å². The molecule has 4 nitrogen and oxygen atoms in total. The third-order valence-electron chi connectivity index (χ3n) is 2.88. The Morgan fingerprint density at radius 1 is 1.40 bits per heavy atom. The number of ether oxygens (including phenoxy) is 1. The van der Waals surface area contributed by atoms with Gasteiger partial charge in [-0.1, -0.05) is 0 Å². The van der Waals surface area contributed by atoms with Gasteiger partial charge in [0.2, 0.25) is 0 Å². The van der Waals surface area contributed by atoms with Crippen LogP contribution >= 0.6 is 32.6 Å². The lowest BCUT2D eigenvalue weighted by atomic mass is 10.2. The summed E-state index contributed by atoms with van der Waals surface area (Å²) in [5.74, 6) is 0.624. The maximum Gasteiger partial charge on any atom is 0.148 e. The molecule has 0 aliphatic rings. The predicted octanol–water partition coefficient (Wildman–Crippen LogP) is 3.03. The number of benzene rings is 1. The van der Waals surface area contributed by atoms with Gasteiger partial charge in [-0.2, -0.15) is 5.10 Å². The second-order valence-electron chi connectivity index (χ2n) is 5.51. The van der Waals surface area contributed by atoms with E-state index in [1.165, 1.54) is 6.07 Å². The number of nitrogens with two attached hydrogens (primary N) is 1. The van der Waals surface area contributed by atoms with Crippen LogP contribution in [0.1, 0.15) is 0 Å². The van der Waals surface area contributed by atoms with Crippen LogP contribution < -0.4 is 5.73 Å². The Bertz CT molecular complexity index is 624. The maximum atomic E-state index is 13.6. The lowest BCUT2D eigenvalue weighted by molar-refractivity contribution is 0.0838. The minimum Gasteiger partial charge on any atom is -0.396 e. The highest BCUT2D eigenvalue weighted by Gasteiger charge is 2.12. The van der Waals surface area contributed by atoms with Crippen molar-refractivity contribution >= 4 is 49.2 Å². The topological polar surface area (TPSA) is 53.1 Å². The van der Waals surface area contributed by atoms with Crippen LogP contribution in [0.2, 0.25) is 0 Å². The van der Waals surface area contributed by atoms with Crippen molar-refractivity contribution in [1.29, 1.82) is 0 Å². The maximum absolute atomic E-state index is 13.6. The van der Waals surface area contributed by atoms with Crippen molar-refractivity contribution in [3.05, 3.63) is 21.7 Å². The van der Waals surface area contributed by atoms with E-state index in [4.69, 9.17) is 10.5 Å². The van der Waals surface area contributed by atoms with Crippen molar-refractivity contribution in [3.8, 4) is 0 Å². The second kappa shape index (κ2) is 6.07. The molecule has 0 fully saturated rings. The highest BCUT2D eigenvalue weighted by atomic mass is 127. The van der Waals surface area contributed by atoms with Gasteiger partial charge >= 0.3 is 0 Å². The lowest BCUT2D eigenvalue weighted by Gasteiger charge is -2.24. The number of nitrogen functional groups attached to an aromatic ring is 1. The zero-order valence-corrected chi connectivity index (χ0v) is 14.8. The number of nitrogens with zero attached hydrogens (tertiary/aromatic N) is 2. The van der Waals surface area contributed by atoms with Crippen LogP contribution in [0.15, 0.2) is 12.1 Å². The fraction of sp³-hybridized carbons (Fsp3) is 0.462. The summed E-state index contributed by atoms with van der Waals surface area (Å²) in [6.45, 7) is 1.02. The van der Waals surface area contributed by atoms with Crippen molar-refractivity contribution in [1.82, 2.24) is 9.78 Å². The van der Waals surface area contributed by atoms with E-state index in [0.717, 1.165) is 14.8 Å². The number of anilines is 1. The van der Waals surface area contributed by atoms with Crippen LogP contribution in [-0.4, -0.2) is 40.9 Å². The molecule has 2 aromatic rings. The van der Waals surface area contributed by atoms with Gasteiger partial charge in [0.15, 0.2) is 0 Å². The molecule has 0 atom stereocenters. The second-order valence-corrected chi connectivity index (χ2v) is 11.1. The molecule has 2 rings (SSSR count). The van der Waals surface area contributed by atoms with Gasteiger partial charge < -0.3 is 10.5 Å². The van der Waals surface area contributed by atoms with Crippen molar-refractivity contribution in [3.63, 3.8) is 0 Å². The Hall–Kier alpha value is -0.540. The number of rotatable bonds is 5. The van der Waals surface area contributed by atoms with E-state index in [9.17, 15) is 4.39 Å². The molecule has 0 bridgehead atoms. The Balaban J connectivity index is 2.13. The summed E-state index contributed by atoms with van der Waals surface area (Å²) in [6.07, 6.45) is 6.75. The van der Waals surface area contributed by atoms with Crippen LogP contribution in [0.3, 0.4) is 0 Å². The number of halogens is 2. The SMILES string of the molecule is CS(C)(C)CCOCn1nc(I)c2cc(N)c(F)cc21. The molecule has 7 heteroatoms. The van der Waals surface area contributed by atoms with Gasteiger partial charge in [-0.05, 0) is 47.4 Å². The first-order chi connectivity index (χ1) is 9.28. The highest BCUT2D eigenvalue weighted by molar-refractivity contribution is 14.1. The van der Waals surface area contributed by atoms with E-state index < -0.39 is 15.8 Å². The molecule has 0 saturated carbocycles. The molecule has 112 valence electrons. The van der Waals surface area contributed by atoms with E-state index in [1.54, 1.807) is 10.7 Å². The van der Waals surface area contributed by atoms with Gasteiger partial charge in [0.1, 0.15) is 16.2 Å². The third kappa shape index (κ3) is 3.76. The highest BCUT2D eigenvalue weighted by Crippen LogP contribution is 2.33. The third-order valence-corrected chi connectivity index (χ3v) is 5.07. The monoisotopic (exact) mass is 411 g/mol. The smallest absolute Gasteiger partial charge is 0.148 e. The standard InChI is InChI=1S/C13H19FIN3OS/c1-20(2,3)5-4-19-8-18-12-7-10(14)11(16)6-9(12)13(15)17-18/h6-7H,4-5,8,16H2,1-3H3. The molecular formula is C13H19FIN3OS. The molecule has 1 heterocycles. The molecule has 0 radical (unpaired) electrons. The summed E-state index contributed by atoms with van der Waals surface area (Å²) in [6, 6.07) is 3.04. The zero-order valence-electron chi connectivity index (χ0n) is 11.8. The quantitative estimate of drug-likeness (QED) is 0.468. The minimum absolute atomic E-state index is 0.146. The summed E-state index contributed by atoms with van der Waals surface area (Å²) in [7, 11) is -0.561. The van der Waals surface area contributed by atoms with Gasteiger partial charge in [-0.25, -0.2) is 19.1 Å². The van der Waals surface area contributed by atoms with Crippen molar-refractivity contribution in [2.45, 2.75) is 6.73 Å². The summed E-state index contributed by atoms with van der Waals surface area (Å²) < 4.78 is 21.7. The van der Waals surface area contributed by atoms with Crippen LogP contribution in [0.25, 0.3) is 10.9 Å². The molecule has 1 aromatic heterocycles. The van der Waals surface area contributed by atoms with Crippen LogP contribution in [0.4, 0.5) is 10.1 Å². The summed E-state index contributed by atoms with van der Waals surface area (Å²) in [5, 5.41) is 5.22. The first-order valence-corrected chi connectivity index (χ1v) is 10.2. The van der Waals surface area contributed by atoms with Gasteiger partial charge in [-0.15, -0.1) is 0 Å². The largest absolute Gasteiger partial charge is 0.396 e. The molecule has 0 unspecified atom stereocenters. The van der Waals surface area contributed by atoms with E-state index in [-0.39, 0.29) is 5.69 Å². The number of aromatic nitrogens is 2. The summed E-state index contributed by atoms with van der Waals surface area (Å²) in [4.78, 5) is 0. The number of fused-ring (bicyclic) bond motifs is 1. The molecule has 0 amide bonds. The fourth-order valence-corrected chi connectivity index (χ4v) is 3.04. The van der Waals surface area contributed by atoms with Gasteiger partial charge in [0.05, 0.1) is 17.8 Å². The Morgan fingerprint density at radius 2 is 2.10 bits per heavy atom. The summed E-state index contributed by atoms with van der Waals surface area (Å²) in [5.41, 5.74) is 6.45. The van der Waals surface area contributed by atoms with Crippen molar-refractivity contribution in [2.75, 3.05) is 36.9 Å². The first kappa shape index (κ1) is 15.8. The van der Waals surface area contributed by atoms with Crippen molar-refractivity contribution in [2.24, 2.45) is 0 Å². The molecule has 20 heavy (non-hydrogen) atoms. The number of hydrogen-bond donors (Lipinski definition) is 1.